The van der Waals surface area contributed by atoms with Gasteiger partial charge < -0.3 is 14.7 Å². The number of aromatic nitrogens is 2. The first-order valence-corrected chi connectivity index (χ1v) is 11.0. The number of halogens is 1. The molecule has 7 nitrogen and oxygen atoms in total. The molecule has 8 heteroatoms. The lowest BCUT2D eigenvalue weighted by molar-refractivity contribution is -0.143. The molecular weight excluding hydrogens is 418 g/mol. The number of rotatable bonds is 4. The fourth-order valence-electron chi connectivity index (χ4n) is 4.62. The summed E-state index contributed by atoms with van der Waals surface area (Å²) in [6.45, 7) is 4.07. The smallest absolute Gasteiger partial charge is 0.306 e. The molecule has 0 bridgehead atoms. The molecule has 1 unspecified atom stereocenters. The van der Waals surface area contributed by atoms with Crippen molar-refractivity contribution in [2.24, 2.45) is 11.8 Å². The van der Waals surface area contributed by atoms with Gasteiger partial charge in [-0.1, -0.05) is 30.7 Å². The zero-order valence-electron chi connectivity index (χ0n) is 17.6. The molecule has 1 N–H and O–H groups in total. The topological polar surface area (TPSA) is 92.6 Å². The predicted octanol–water partition coefficient (Wildman–Crippen LogP) is 4.55. The average molecular weight is 444 g/mol. The first kappa shape index (κ1) is 21.6. The van der Waals surface area contributed by atoms with Crippen molar-refractivity contribution in [2.75, 3.05) is 11.4 Å². The molecule has 0 radical (unpaired) electrons. The Bertz CT molecular complexity index is 973. The van der Waals surface area contributed by atoms with Gasteiger partial charge in [-0.25, -0.2) is 9.97 Å². The van der Waals surface area contributed by atoms with Crippen LogP contribution in [0.15, 0.2) is 30.6 Å². The Kier molecular flexibility index (Phi) is 6.14. The molecule has 1 aliphatic heterocycles. The Balaban J connectivity index is 1.50. The van der Waals surface area contributed by atoms with E-state index in [1.807, 2.05) is 19.1 Å². The van der Waals surface area contributed by atoms with Crippen LogP contribution in [0, 0.1) is 11.8 Å². The number of amides is 1. The van der Waals surface area contributed by atoms with E-state index in [4.69, 9.17) is 16.3 Å². The Labute approximate surface area is 186 Å². The molecule has 164 valence electrons. The number of anilines is 1. The van der Waals surface area contributed by atoms with Crippen molar-refractivity contribution in [3.05, 3.63) is 46.9 Å². The number of aliphatic carboxylic acids is 1. The predicted molar refractivity (Wildman–Crippen MR) is 117 cm³/mol. The van der Waals surface area contributed by atoms with E-state index in [-0.39, 0.29) is 40.4 Å². The molecule has 2 heterocycles. The van der Waals surface area contributed by atoms with Crippen molar-refractivity contribution in [1.29, 1.82) is 0 Å². The fraction of sp³-hybridized carbons (Fsp3) is 0.478. The van der Waals surface area contributed by atoms with E-state index in [1.165, 1.54) is 11.9 Å². The Morgan fingerprint density at radius 1 is 1.19 bits per heavy atom. The number of fused-ring (bicyclic) bond motifs is 1. The first-order chi connectivity index (χ1) is 14.8. The molecule has 2 aliphatic rings. The van der Waals surface area contributed by atoms with Crippen LogP contribution in [0.5, 0.6) is 5.88 Å². The summed E-state index contributed by atoms with van der Waals surface area (Å²) in [5, 5.41) is 9.33. The third kappa shape index (κ3) is 4.37. The first-order valence-electron chi connectivity index (χ1n) is 10.7. The van der Waals surface area contributed by atoms with Crippen molar-refractivity contribution >= 4 is 29.2 Å². The second kappa shape index (κ2) is 8.83. The number of benzene rings is 1. The second-order valence-electron chi connectivity index (χ2n) is 8.52. The van der Waals surface area contributed by atoms with E-state index in [2.05, 4.69) is 22.1 Å². The van der Waals surface area contributed by atoms with Crippen LogP contribution in [0.4, 0.5) is 5.69 Å². The Morgan fingerprint density at radius 2 is 1.87 bits per heavy atom. The van der Waals surface area contributed by atoms with Gasteiger partial charge in [-0.2, -0.15) is 0 Å². The molecular formula is C23H26ClN3O4. The number of carboxylic acids is 1. The molecule has 31 heavy (non-hydrogen) atoms. The summed E-state index contributed by atoms with van der Waals surface area (Å²) in [4.78, 5) is 34.1. The van der Waals surface area contributed by atoms with Gasteiger partial charge in [0.25, 0.3) is 5.91 Å². The molecule has 1 aromatic carbocycles. The maximum Gasteiger partial charge on any atom is 0.306 e. The SMILES string of the molecule is CC(C(=O)O)C1CCC(c2ccc(N3C[C@@H](C)Oc4ncnc(Cl)c4C3=O)cc2)CC1. The van der Waals surface area contributed by atoms with E-state index in [1.54, 1.807) is 11.8 Å². The van der Waals surface area contributed by atoms with Gasteiger partial charge in [0, 0.05) is 5.69 Å². The van der Waals surface area contributed by atoms with Crippen LogP contribution in [0.2, 0.25) is 5.15 Å². The molecule has 0 spiro atoms. The highest BCUT2D eigenvalue weighted by molar-refractivity contribution is 6.33. The third-order valence-corrected chi connectivity index (χ3v) is 6.81. The number of hydrogen-bond acceptors (Lipinski definition) is 5. The van der Waals surface area contributed by atoms with Gasteiger partial charge in [0.1, 0.15) is 23.1 Å². The molecule has 4 rings (SSSR count). The maximum atomic E-state index is 13.2. The summed E-state index contributed by atoms with van der Waals surface area (Å²) < 4.78 is 5.78. The average Bonchev–Trinajstić information content (AvgIpc) is 2.89. The Hall–Kier alpha value is -2.67. The molecule has 1 saturated carbocycles. The van der Waals surface area contributed by atoms with Crippen LogP contribution in [0.3, 0.4) is 0 Å². The standard InChI is InChI=1S/C23H26ClN3O4/c1-13-11-27(22(28)19-20(24)25-12-26-21(19)31-13)18-9-7-17(8-10-18)16-5-3-15(4-6-16)14(2)23(29)30/h7-10,12-16H,3-6,11H2,1-2H3,(H,29,30)/t13-,14?,15?,16?/m1/s1. The Morgan fingerprint density at radius 3 is 2.52 bits per heavy atom. The molecule has 2 aromatic rings. The normalized spacial score (nSPS) is 24.7. The highest BCUT2D eigenvalue weighted by Gasteiger charge is 2.32. The summed E-state index contributed by atoms with van der Waals surface area (Å²) in [6, 6.07) is 8.03. The number of carbonyl (C=O) groups excluding carboxylic acids is 1. The van der Waals surface area contributed by atoms with Crippen molar-refractivity contribution in [1.82, 2.24) is 9.97 Å². The van der Waals surface area contributed by atoms with Crippen molar-refractivity contribution in [3.8, 4) is 5.88 Å². The zero-order chi connectivity index (χ0) is 22.1. The van der Waals surface area contributed by atoms with E-state index < -0.39 is 5.97 Å². The van der Waals surface area contributed by atoms with Crippen LogP contribution < -0.4 is 9.64 Å². The quantitative estimate of drug-likeness (QED) is 0.696. The highest BCUT2D eigenvalue weighted by atomic mass is 35.5. The van der Waals surface area contributed by atoms with Gasteiger partial charge >= 0.3 is 5.97 Å². The zero-order valence-corrected chi connectivity index (χ0v) is 18.4. The molecule has 0 saturated heterocycles. The number of carbonyl (C=O) groups is 2. The van der Waals surface area contributed by atoms with Crippen molar-refractivity contribution in [2.45, 2.75) is 51.6 Å². The van der Waals surface area contributed by atoms with Crippen LogP contribution in [-0.4, -0.2) is 39.6 Å². The number of carboxylic acid groups (broad SMARTS) is 1. The van der Waals surface area contributed by atoms with Gasteiger partial charge in [-0.05, 0) is 62.1 Å². The highest BCUT2D eigenvalue weighted by Crippen LogP contribution is 2.39. The van der Waals surface area contributed by atoms with Crippen LogP contribution in [-0.2, 0) is 4.79 Å². The van der Waals surface area contributed by atoms with E-state index in [0.29, 0.717) is 12.5 Å². The summed E-state index contributed by atoms with van der Waals surface area (Å²) in [6.07, 6.45) is 4.86. The fourth-order valence-corrected chi connectivity index (χ4v) is 4.83. The van der Waals surface area contributed by atoms with Crippen LogP contribution in [0.25, 0.3) is 0 Å². The van der Waals surface area contributed by atoms with Crippen LogP contribution in [0.1, 0.15) is 61.4 Å². The largest absolute Gasteiger partial charge is 0.481 e. The van der Waals surface area contributed by atoms with Crippen LogP contribution >= 0.6 is 11.6 Å². The molecule has 2 atom stereocenters. The lowest BCUT2D eigenvalue weighted by Gasteiger charge is -2.31. The summed E-state index contributed by atoms with van der Waals surface area (Å²) in [5.74, 6) is -0.404. The summed E-state index contributed by atoms with van der Waals surface area (Å²) >= 11 is 6.17. The third-order valence-electron chi connectivity index (χ3n) is 6.52. The van der Waals surface area contributed by atoms with E-state index >= 15 is 0 Å². The lowest BCUT2D eigenvalue weighted by Crippen LogP contribution is -2.36. The minimum atomic E-state index is -0.708. The minimum absolute atomic E-state index is 0.0815. The monoisotopic (exact) mass is 443 g/mol. The second-order valence-corrected chi connectivity index (χ2v) is 8.88. The molecule has 1 fully saturated rings. The van der Waals surface area contributed by atoms with Gasteiger partial charge in [-0.3, -0.25) is 9.59 Å². The van der Waals surface area contributed by atoms with E-state index in [0.717, 1.165) is 31.4 Å². The van der Waals surface area contributed by atoms with Crippen molar-refractivity contribution < 1.29 is 19.4 Å². The summed E-state index contributed by atoms with van der Waals surface area (Å²) in [7, 11) is 0. The number of ether oxygens (including phenoxy) is 1. The summed E-state index contributed by atoms with van der Waals surface area (Å²) in [5.41, 5.74) is 2.17. The molecule has 1 amide bonds. The molecule has 1 aliphatic carbocycles. The van der Waals surface area contributed by atoms with E-state index in [9.17, 15) is 14.7 Å². The minimum Gasteiger partial charge on any atom is -0.481 e. The van der Waals surface area contributed by atoms with Crippen molar-refractivity contribution in [3.63, 3.8) is 0 Å². The number of nitrogens with zero attached hydrogens (tertiary/aromatic N) is 3. The maximum absolute atomic E-state index is 13.2. The van der Waals surface area contributed by atoms with Gasteiger partial charge in [-0.15, -0.1) is 0 Å². The van der Waals surface area contributed by atoms with Gasteiger partial charge in [0.15, 0.2) is 0 Å². The lowest BCUT2D eigenvalue weighted by atomic mass is 9.74. The van der Waals surface area contributed by atoms with Gasteiger partial charge in [0.05, 0.1) is 12.5 Å². The molecule has 1 aromatic heterocycles. The number of hydrogen-bond donors (Lipinski definition) is 1. The van der Waals surface area contributed by atoms with Gasteiger partial charge in [0.2, 0.25) is 5.88 Å².